The molecule has 0 heterocycles. The van der Waals surface area contributed by atoms with E-state index in [0.717, 1.165) is 12.8 Å². The second-order valence-electron chi connectivity index (χ2n) is 3.47. The summed E-state index contributed by atoms with van der Waals surface area (Å²) in [5.41, 5.74) is -0.148. The number of esters is 1. The molecule has 0 aromatic heterocycles. The van der Waals surface area contributed by atoms with Gasteiger partial charge in [-0.1, -0.05) is 6.08 Å². The highest BCUT2D eigenvalue weighted by Gasteiger charge is 2.45. The van der Waals surface area contributed by atoms with Crippen LogP contribution < -0.4 is 0 Å². The van der Waals surface area contributed by atoms with Crippen LogP contribution in [0.2, 0.25) is 0 Å². The standard InChI is InChI=1S/C10H14O3/c1-8(11)10(6-7-10)5-3-4-9(12)13-2/h3-4H,5-7H2,1-2H3/b4-3+. The summed E-state index contributed by atoms with van der Waals surface area (Å²) in [4.78, 5) is 21.8. The lowest BCUT2D eigenvalue weighted by molar-refractivity contribution is -0.134. The van der Waals surface area contributed by atoms with Gasteiger partial charge in [-0.25, -0.2) is 4.79 Å². The van der Waals surface area contributed by atoms with E-state index in [1.54, 1.807) is 13.0 Å². The van der Waals surface area contributed by atoms with Crippen LogP contribution in [-0.2, 0) is 14.3 Å². The smallest absolute Gasteiger partial charge is 0.330 e. The summed E-state index contributed by atoms with van der Waals surface area (Å²) in [7, 11) is 1.34. The van der Waals surface area contributed by atoms with Gasteiger partial charge in [0, 0.05) is 11.5 Å². The topological polar surface area (TPSA) is 43.4 Å². The Hall–Kier alpha value is -1.12. The molecule has 1 aliphatic carbocycles. The number of hydrogen-bond donors (Lipinski definition) is 0. The summed E-state index contributed by atoms with van der Waals surface area (Å²) in [6.07, 6.45) is 5.67. The van der Waals surface area contributed by atoms with E-state index in [1.807, 2.05) is 0 Å². The fourth-order valence-corrected chi connectivity index (χ4v) is 1.30. The highest BCUT2D eigenvalue weighted by Crippen LogP contribution is 2.49. The molecule has 1 fully saturated rings. The molecule has 0 spiro atoms. The van der Waals surface area contributed by atoms with E-state index in [0.29, 0.717) is 6.42 Å². The van der Waals surface area contributed by atoms with Gasteiger partial charge in [0.05, 0.1) is 7.11 Å². The molecule has 3 heteroatoms. The number of hydrogen-bond acceptors (Lipinski definition) is 3. The molecule has 1 saturated carbocycles. The summed E-state index contributed by atoms with van der Waals surface area (Å²) in [5, 5.41) is 0. The number of rotatable bonds is 4. The Morgan fingerprint density at radius 1 is 1.46 bits per heavy atom. The Kier molecular flexibility index (Phi) is 2.86. The number of carbonyl (C=O) groups is 2. The van der Waals surface area contributed by atoms with Crippen molar-refractivity contribution in [3.05, 3.63) is 12.2 Å². The first kappa shape index (κ1) is 9.96. The molecule has 1 rings (SSSR count). The van der Waals surface area contributed by atoms with Crippen molar-refractivity contribution in [3.63, 3.8) is 0 Å². The lowest BCUT2D eigenvalue weighted by Gasteiger charge is -2.05. The van der Waals surface area contributed by atoms with Gasteiger partial charge >= 0.3 is 5.97 Å². The second kappa shape index (κ2) is 3.73. The summed E-state index contributed by atoms with van der Waals surface area (Å²) < 4.78 is 4.44. The van der Waals surface area contributed by atoms with Gasteiger partial charge in [-0.2, -0.15) is 0 Å². The zero-order valence-electron chi connectivity index (χ0n) is 8.00. The predicted octanol–water partition coefficient (Wildman–Crippen LogP) is 1.47. The van der Waals surface area contributed by atoms with E-state index in [1.165, 1.54) is 13.2 Å². The van der Waals surface area contributed by atoms with Gasteiger partial charge in [0.15, 0.2) is 0 Å². The molecule has 0 aromatic carbocycles. The lowest BCUT2D eigenvalue weighted by Crippen LogP contribution is -2.10. The van der Waals surface area contributed by atoms with Crippen molar-refractivity contribution in [2.24, 2.45) is 5.41 Å². The van der Waals surface area contributed by atoms with Gasteiger partial charge in [0.1, 0.15) is 5.78 Å². The number of allylic oxidation sites excluding steroid dienone is 1. The molecule has 0 aromatic rings. The van der Waals surface area contributed by atoms with Crippen LogP contribution in [0, 0.1) is 5.41 Å². The average molecular weight is 182 g/mol. The first-order chi connectivity index (χ1) is 6.10. The number of Topliss-reactive ketones (excluding diaryl/α,β-unsaturated/α-hetero) is 1. The third-order valence-electron chi connectivity index (χ3n) is 2.56. The van der Waals surface area contributed by atoms with E-state index >= 15 is 0 Å². The molecular formula is C10H14O3. The van der Waals surface area contributed by atoms with Crippen molar-refractivity contribution in [3.8, 4) is 0 Å². The zero-order chi connectivity index (χ0) is 9.90. The van der Waals surface area contributed by atoms with E-state index in [4.69, 9.17) is 0 Å². The first-order valence-corrected chi connectivity index (χ1v) is 4.36. The molecule has 1 aliphatic rings. The van der Waals surface area contributed by atoms with Crippen molar-refractivity contribution in [2.45, 2.75) is 26.2 Å². The largest absolute Gasteiger partial charge is 0.466 e. The number of carbonyl (C=O) groups excluding carboxylic acids is 2. The molecule has 0 radical (unpaired) electrons. The van der Waals surface area contributed by atoms with Gasteiger partial charge in [-0.15, -0.1) is 0 Å². The van der Waals surface area contributed by atoms with Crippen molar-refractivity contribution < 1.29 is 14.3 Å². The molecule has 13 heavy (non-hydrogen) atoms. The highest BCUT2D eigenvalue weighted by atomic mass is 16.5. The summed E-state index contributed by atoms with van der Waals surface area (Å²) >= 11 is 0. The monoisotopic (exact) mass is 182 g/mol. The van der Waals surface area contributed by atoms with Gasteiger partial charge < -0.3 is 4.74 Å². The predicted molar refractivity (Wildman–Crippen MR) is 48.1 cm³/mol. The van der Waals surface area contributed by atoms with Gasteiger partial charge in [0.25, 0.3) is 0 Å². The maximum atomic E-state index is 11.1. The van der Waals surface area contributed by atoms with E-state index in [-0.39, 0.29) is 17.2 Å². The van der Waals surface area contributed by atoms with Gasteiger partial charge in [0.2, 0.25) is 0 Å². The van der Waals surface area contributed by atoms with Gasteiger partial charge in [-0.3, -0.25) is 4.79 Å². The Morgan fingerprint density at radius 3 is 2.46 bits per heavy atom. The molecule has 3 nitrogen and oxygen atoms in total. The molecule has 0 atom stereocenters. The summed E-state index contributed by atoms with van der Waals surface area (Å²) in [5.74, 6) is -0.138. The Balaban J connectivity index is 2.38. The Morgan fingerprint density at radius 2 is 2.08 bits per heavy atom. The maximum Gasteiger partial charge on any atom is 0.330 e. The van der Waals surface area contributed by atoms with E-state index in [9.17, 15) is 9.59 Å². The minimum absolute atomic E-state index is 0.148. The molecule has 0 unspecified atom stereocenters. The van der Waals surface area contributed by atoms with Crippen molar-refractivity contribution in [2.75, 3.05) is 7.11 Å². The maximum absolute atomic E-state index is 11.1. The zero-order valence-corrected chi connectivity index (χ0v) is 8.00. The van der Waals surface area contributed by atoms with Crippen LogP contribution in [0.1, 0.15) is 26.2 Å². The number of methoxy groups -OCH3 is 1. The van der Waals surface area contributed by atoms with Crippen molar-refractivity contribution >= 4 is 11.8 Å². The van der Waals surface area contributed by atoms with Crippen LogP contribution in [0.4, 0.5) is 0 Å². The molecule has 72 valence electrons. The lowest BCUT2D eigenvalue weighted by atomic mass is 9.98. The van der Waals surface area contributed by atoms with E-state index < -0.39 is 0 Å². The quantitative estimate of drug-likeness (QED) is 0.488. The molecule has 0 N–H and O–H groups in total. The summed E-state index contributed by atoms with van der Waals surface area (Å²) in [6.45, 7) is 1.61. The minimum atomic E-state index is -0.362. The second-order valence-corrected chi connectivity index (χ2v) is 3.47. The van der Waals surface area contributed by atoms with E-state index in [2.05, 4.69) is 4.74 Å². The molecule has 0 bridgehead atoms. The van der Waals surface area contributed by atoms with Crippen LogP contribution in [-0.4, -0.2) is 18.9 Å². The highest BCUT2D eigenvalue weighted by molar-refractivity contribution is 5.86. The summed E-state index contributed by atoms with van der Waals surface area (Å²) in [6, 6.07) is 0. The normalized spacial score (nSPS) is 18.6. The number of ether oxygens (including phenoxy) is 1. The molecular weight excluding hydrogens is 168 g/mol. The third kappa shape index (κ3) is 2.41. The number of ketones is 1. The molecule has 0 saturated heterocycles. The average Bonchev–Trinajstić information content (AvgIpc) is 2.85. The third-order valence-corrected chi connectivity index (χ3v) is 2.56. The molecule has 0 aliphatic heterocycles. The fourth-order valence-electron chi connectivity index (χ4n) is 1.30. The van der Waals surface area contributed by atoms with Crippen molar-refractivity contribution in [1.29, 1.82) is 0 Å². The molecule has 0 amide bonds. The van der Waals surface area contributed by atoms with Gasteiger partial charge in [-0.05, 0) is 26.2 Å². The van der Waals surface area contributed by atoms with Crippen LogP contribution in [0.25, 0.3) is 0 Å². The van der Waals surface area contributed by atoms with Crippen LogP contribution in [0.15, 0.2) is 12.2 Å². The first-order valence-electron chi connectivity index (χ1n) is 4.36. The van der Waals surface area contributed by atoms with Crippen LogP contribution in [0.3, 0.4) is 0 Å². The van der Waals surface area contributed by atoms with Crippen LogP contribution >= 0.6 is 0 Å². The SMILES string of the molecule is COC(=O)/C=C/CC1(C(C)=O)CC1. The van der Waals surface area contributed by atoms with Crippen molar-refractivity contribution in [1.82, 2.24) is 0 Å². The Bertz CT molecular complexity index is 249. The fraction of sp³-hybridized carbons (Fsp3) is 0.600. The van der Waals surface area contributed by atoms with Crippen LogP contribution in [0.5, 0.6) is 0 Å². The Labute approximate surface area is 77.8 Å². The minimum Gasteiger partial charge on any atom is -0.466 e.